The van der Waals surface area contributed by atoms with E-state index in [2.05, 4.69) is 56.6 Å². The molecule has 0 aliphatic carbocycles. The minimum Gasteiger partial charge on any atom is -0.369 e. The average molecular weight is 387 g/mol. The molecule has 2 aromatic carbocycles. The number of likely N-dealkylation sites (N-methyl/N-ethyl adjacent to an activating group) is 1. The molecule has 0 radical (unpaired) electrons. The maximum Gasteiger partial charge on any atom is 0.156 e. The second-order valence-corrected chi connectivity index (χ2v) is 7.71. The molecule has 1 aliphatic rings. The number of nitrogens with zero attached hydrogens (tertiary/aromatic N) is 5. The van der Waals surface area contributed by atoms with Gasteiger partial charge >= 0.3 is 0 Å². The van der Waals surface area contributed by atoms with Gasteiger partial charge in [0.05, 0.1) is 17.3 Å². The Morgan fingerprint density at radius 2 is 1.83 bits per heavy atom. The molecule has 6 heteroatoms. The number of hydrogen-bond donors (Lipinski definition) is 1. The molecule has 2 heterocycles. The van der Waals surface area contributed by atoms with Gasteiger partial charge in [0.25, 0.3) is 0 Å². The number of anilines is 2. The van der Waals surface area contributed by atoms with E-state index in [0.29, 0.717) is 12.1 Å². The lowest BCUT2D eigenvalue weighted by Gasteiger charge is -2.34. The molecule has 0 bridgehead atoms. The van der Waals surface area contributed by atoms with E-state index in [-0.39, 0.29) is 0 Å². The van der Waals surface area contributed by atoms with Crippen molar-refractivity contribution in [1.82, 2.24) is 15.1 Å². The number of fused-ring (bicyclic) bond motifs is 1. The molecule has 1 aromatic heterocycles. The summed E-state index contributed by atoms with van der Waals surface area (Å²) in [5.74, 6) is 0.781. The molecule has 148 valence electrons. The summed E-state index contributed by atoms with van der Waals surface area (Å²) < 4.78 is 0. The number of nitriles is 1. The summed E-state index contributed by atoms with van der Waals surface area (Å²) in [5, 5.41) is 23.7. The van der Waals surface area contributed by atoms with Gasteiger partial charge in [-0.1, -0.05) is 18.2 Å². The summed E-state index contributed by atoms with van der Waals surface area (Å²) in [7, 11) is 2.17. The van der Waals surface area contributed by atoms with Crippen LogP contribution >= 0.6 is 0 Å². The Kier molecular flexibility index (Phi) is 5.32. The van der Waals surface area contributed by atoms with Crippen molar-refractivity contribution in [3.8, 4) is 6.07 Å². The van der Waals surface area contributed by atoms with E-state index in [1.165, 1.54) is 5.69 Å². The molecule has 0 spiro atoms. The molecule has 6 nitrogen and oxygen atoms in total. The molecule has 1 N–H and O–H groups in total. The van der Waals surface area contributed by atoms with Gasteiger partial charge in [0.15, 0.2) is 5.82 Å². The van der Waals surface area contributed by atoms with Gasteiger partial charge in [-0.15, -0.1) is 5.10 Å². The van der Waals surface area contributed by atoms with Gasteiger partial charge in [0.1, 0.15) is 0 Å². The number of piperazine rings is 1. The Hall–Kier alpha value is -3.17. The predicted molar refractivity (Wildman–Crippen MR) is 117 cm³/mol. The highest BCUT2D eigenvalue weighted by molar-refractivity contribution is 5.95. The highest BCUT2D eigenvalue weighted by Gasteiger charge is 2.16. The van der Waals surface area contributed by atoms with Gasteiger partial charge in [0, 0.05) is 49.2 Å². The molecular weight excluding hydrogens is 360 g/mol. The smallest absolute Gasteiger partial charge is 0.156 e. The monoisotopic (exact) mass is 386 g/mol. The third kappa shape index (κ3) is 3.87. The molecule has 1 aliphatic heterocycles. The highest BCUT2D eigenvalue weighted by atomic mass is 15.2. The molecule has 0 saturated carbocycles. The third-order valence-electron chi connectivity index (χ3n) is 5.83. The summed E-state index contributed by atoms with van der Waals surface area (Å²) >= 11 is 0. The van der Waals surface area contributed by atoms with Crippen LogP contribution in [0.3, 0.4) is 0 Å². The largest absolute Gasteiger partial charge is 0.369 e. The molecular formula is C23H26N6. The lowest BCUT2D eigenvalue weighted by Crippen LogP contribution is -2.44. The molecule has 0 amide bonds. The van der Waals surface area contributed by atoms with Crippen LogP contribution in [0.4, 0.5) is 11.5 Å². The average Bonchev–Trinajstić information content (AvgIpc) is 2.74. The van der Waals surface area contributed by atoms with E-state index in [1.807, 2.05) is 32.0 Å². The molecule has 1 saturated heterocycles. The van der Waals surface area contributed by atoms with E-state index in [0.717, 1.165) is 59.6 Å². The SMILES string of the molecule is Cc1c(C#N)cccc1CNc1nnc(C)c2ccc(N3CCN(C)CC3)cc12. The van der Waals surface area contributed by atoms with Crippen LogP contribution in [-0.2, 0) is 6.54 Å². The number of rotatable bonds is 4. The Balaban J connectivity index is 1.64. The molecule has 4 rings (SSSR count). The van der Waals surface area contributed by atoms with Crippen molar-refractivity contribution in [3.63, 3.8) is 0 Å². The second kappa shape index (κ2) is 8.06. The van der Waals surface area contributed by atoms with Crippen molar-refractivity contribution in [3.05, 3.63) is 58.8 Å². The maximum absolute atomic E-state index is 9.27. The van der Waals surface area contributed by atoms with Crippen molar-refractivity contribution in [2.24, 2.45) is 0 Å². The van der Waals surface area contributed by atoms with Crippen molar-refractivity contribution in [1.29, 1.82) is 5.26 Å². The Bertz CT molecular complexity index is 1080. The fraction of sp³-hybridized carbons (Fsp3) is 0.348. The van der Waals surface area contributed by atoms with Crippen molar-refractivity contribution in [2.45, 2.75) is 20.4 Å². The van der Waals surface area contributed by atoms with Crippen LogP contribution in [-0.4, -0.2) is 48.3 Å². The Morgan fingerprint density at radius 3 is 2.59 bits per heavy atom. The quantitative estimate of drug-likeness (QED) is 0.740. The van der Waals surface area contributed by atoms with Gasteiger partial charge < -0.3 is 15.1 Å². The first-order valence-corrected chi connectivity index (χ1v) is 10.00. The van der Waals surface area contributed by atoms with Crippen LogP contribution in [0.2, 0.25) is 0 Å². The summed E-state index contributed by atoms with van der Waals surface area (Å²) in [6, 6.07) is 14.6. The summed E-state index contributed by atoms with van der Waals surface area (Å²) in [6.07, 6.45) is 0. The van der Waals surface area contributed by atoms with E-state index in [1.54, 1.807) is 0 Å². The molecule has 1 fully saturated rings. The number of nitrogens with one attached hydrogen (secondary N) is 1. The van der Waals surface area contributed by atoms with Gasteiger partial charge in [-0.25, -0.2) is 0 Å². The van der Waals surface area contributed by atoms with Gasteiger partial charge in [-0.3, -0.25) is 0 Å². The van der Waals surface area contributed by atoms with Gasteiger partial charge in [-0.05, 0) is 50.2 Å². The van der Waals surface area contributed by atoms with Gasteiger partial charge in [0.2, 0.25) is 0 Å². The zero-order chi connectivity index (χ0) is 20.4. The summed E-state index contributed by atoms with van der Waals surface area (Å²) in [5.41, 5.74) is 4.96. The van der Waals surface area contributed by atoms with Crippen LogP contribution in [0.25, 0.3) is 10.8 Å². The maximum atomic E-state index is 9.27. The number of aromatic nitrogens is 2. The van der Waals surface area contributed by atoms with Crippen molar-refractivity contribution >= 4 is 22.3 Å². The summed E-state index contributed by atoms with van der Waals surface area (Å²) in [6.45, 7) is 8.80. The van der Waals surface area contributed by atoms with E-state index in [9.17, 15) is 5.26 Å². The minimum absolute atomic E-state index is 0.604. The number of hydrogen-bond acceptors (Lipinski definition) is 6. The van der Waals surface area contributed by atoms with Crippen LogP contribution in [0, 0.1) is 25.2 Å². The fourth-order valence-electron chi connectivity index (χ4n) is 3.84. The molecule has 0 atom stereocenters. The first kappa shape index (κ1) is 19.2. The number of aryl methyl sites for hydroxylation is 1. The summed E-state index contributed by atoms with van der Waals surface area (Å²) in [4.78, 5) is 4.79. The topological polar surface area (TPSA) is 68.1 Å². The standard InChI is InChI=1S/C23H26N6/c1-16-18(14-24)5-4-6-19(16)15-25-23-22-13-20(29-11-9-28(3)10-12-29)7-8-21(22)17(2)26-27-23/h4-8,13H,9-12,15H2,1-3H3,(H,25,27). The Labute approximate surface area is 171 Å². The predicted octanol–water partition coefficient (Wildman–Crippen LogP) is 3.48. The van der Waals surface area contributed by atoms with Crippen molar-refractivity contribution < 1.29 is 0 Å². The molecule has 3 aromatic rings. The molecule has 0 unspecified atom stereocenters. The first-order valence-electron chi connectivity index (χ1n) is 10.00. The zero-order valence-corrected chi connectivity index (χ0v) is 17.2. The molecule has 29 heavy (non-hydrogen) atoms. The van der Waals surface area contributed by atoms with Gasteiger partial charge in [-0.2, -0.15) is 10.4 Å². The Morgan fingerprint density at radius 1 is 1.03 bits per heavy atom. The number of benzene rings is 2. The van der Waals surface area contributed by atoms with Crippen molar-refractivity contribution in [2.75, 3.05) is 43.4 Å². The second-order valence-electron chi connectivity index (χ2n) is 7.71. The van der Waals surface area contributed by atoms with E-state index >= 15 is 0 Å². The van der Waals surface area contributed by atoms with Crippen LogP contribution in [0.15, 0.2) is 36.4 Å². The normalized spacial score (nSPS) is 14.8. The highest BCUT2D eigenvalue weighted by Crippen LogP contribution is 2.29. The lowest BCUT2D eigenvalue weighted by molar-refractivity contribution is 0.313. The van der Waals surface area contributed by atoms with Crippen LogP contribution < -0.4 is 10.2 Å². The fourth-order valence-corrected chi connectivity index (χ4v) is 3.84. The zero-order valence-electron chi connectivity index (χ0n) is 17.2. The first-order chi connectivity index (χ1) is 14.1. The lowest BCUT2D eigenvalue weighted by atomic mass is 10.0. The third-order valence-corrected chi connectivity index (χ3v) is 5.83. The van der Waals surface area contributed by atoms with Crippen LogP contribution in [0.5, 0.6) is 0 Å². The van der Waals surface area contributed by atoms with Crippen LogP contribution in [0.1, 0.15) is 22.4 Å². The minimum atomic E-state index is 0.604. The van der Waals surface area contributed by atoms with E-state index < -0.39 is 0 Å². The van der Waals surface area contributed by atoms with E-state index in [4.69, 9.17) is 0 Å².